The minimum absolute atomic E-state index is 0.304. The average Bonchev–Trinajstić information content (AvgIpc) is 2.45. The average molecular weight is 241 g/mol. The van der Waals surface area contributed by atoms with Gasteiger partial charge in [0.2, 0.25) is 0 Å². The van der Waals surface area contributed by atoms with Crippen molar-refractivity contribution in [1.82, 2.24) is 4.48 Å². The Kier molecular flexibility index (Phi) is 2.86. The smallest absolute Gasteiger partial charge is 0.181 e. The summed E-state index contributed by atoms with van der Waals surface area (Å²) >= 11 is 6.06. The highest BCUT2D eigenvalue weighted by atomic mass is 35.5. The molecule has 1 atom stereocenters. The van der Waals surface area contributed by atoms with Crippen molar-refractivity contribution in [3.05, 3.63) is 23.2 Å². The van der Waals surface area contributed by atoms with Crippen molar-refractivity contribution in [3.63, 3.8) is 0 Å². The molecule has 0 aromatic heterocycles. The van der Waals surface area contributed by atoms with Crippen LogP contribution in [0.2, 0.25) is 5.02 Å². The first-order valence-corrected chi connectivity index (χ1v) is 6.00. The maximum absolute atomic E-state index is 6.06. The molecular weight excluding hydrogens is 222 g/mol. The fourth-order valence-electron chi connectivity index (χ4n) is 2.66. The van der Waals surface area contributed by atoms with Gasteiger partial charge in [0.05, 0.1) is 20.6 Å². The fourth-order valence-corrected chi connectivity index (χ4v) is 2.82. The maximum atomic E-state index is 6.06. The van der Waals surface area contributed by atoms with Crippen LogP contribution in [0.5, 0.6) is 0 Å². The van der Waals surface area contributed by atoms with Crippen molar-refractivity contribution < 1.29 is 0 Å². The normalized spacial score (nSPS) is 22.3. The summed E-state index contributed by atoms with van der Waals surface area (Å²) in [5.74, 6) is 0. The van der Waals surface area contributed by atoms with Gasteiger partial charge in [-0.25, -0.2) is 0 Å². The number of hydrogen-bond acceptors (Lipinski definition) is 2. The number of quaternary nitrogens is 1. The molecule has 1 unspecified atom stereocenters. The van der Waals surface area contributed by atoms with E-state index in [0.29, 0.717) is 12.7 Å². The second kappa shape index (κ2) is 3.91. The molecule has 0 saturated heterocycles. The summed E-state index contributed by atoms with van der Waals surface area (Å²) in [5, 5.41) is 0.787. The zero-order valence-corrected chi connectivity index (χ0v) is 10.8. The molecule has 0 spiro atoms. The van der Waals surface area contributed by atoms with E-state index in [2.05, 4.69) is 32.0 Å². The van der Waals surface area contributed by atoms with Gasteiger partial charge in [-0.05, 0) is 19.1 Å². The Morgan fingerprint density at radius 2 is 2.12 bits per heavy atom. The van der Waals surface area contributed by atoms with Gasteiger partial charge in [-0.2, -0.15) is 0 Å². The maximum Gasteiger partial charge on any atom is 0.181 e. The standard InChI is InChI=1S/C12H19ClN3/c1-4-15-10-7-9(13)5-6-11(10)16(2,3)12(15)8-14/h5-7,12H,4,8,14H2,1-3H3/q+1. The molecule has 2 rings (SSSR count). The second-order valence-corrected chi connectivity index (χ2v) is 5.11. The van der Waals surface area contributed by atoms with E-state index < -0.39 is 0 Å². The van der Waals surface area contributed by atoms with E-state index in [1.54, 1.807) is 0 Å². The summed E-state index contributed by atoms with van der Waals surface area (Å²) in [5.41, 5.74) is 8.41. The van der Waals surface area contributed by atoms with Gasteiger partial charge in [-0.15, -0.1) is 0 Å². The van der Waals surface area contributed by atoms with E-state index in [1.165, 1.54) is 11.4 Å². The Hall–Kier alpha value is -0.770. The summed E-state index contributed by atoms with van der Waals surface area (Å²) < 4.78 is 0.802. The van der Waals surface area contributed by atoms with Crippen molar-refractivity contribution in [2.45, 2.75) is 13.1 Å². The van der Waals surface area contributed by atoms with Gasteiger partial charge in [0, 0.05) is 17.6 Å². The van der Waals surface area contributed by atoms with Gasteiger partial charge in [0.1, 0.15) is 5.69 Å². The highest BCUT2D eigenvalue weighted by Crippen LogP contribution is 2.43. The predicted molar refractivity (Wildman–Crippen MR) is 71.0 cm³/mol. The first kappa shape index (κ1) is 11.7. The molecule has 0 bridgehead atoms. The molecule has 88 valence electrons. The highest BCUT2D eigenvalue weighted by Gasteiger charge is 2.44. The Morgan fingerprint density at radius 1 is 1.44 bits per heavy atom. The summed E-state index contributed by atoms with van der Waals surface area (Å²) in [4.78, 5) is 2.33. The Labute approximate surface area is 102 Å². The van der Waals surface area contributed by atoms with Crippen LogP contribution in [-0.4, -0.2) is 33.4 Å². The molecule has 1 aromatic carbocycles. The van der Waals surface area contributed by atoms with Crippen LogP contribution in [0.25, 0.3) is 0 Å². The molecule has 2 N–H and O–H groups in total. The van der Waals surface area contributed by atoms with Gasteiger partial charge < -0.3 is 10.6 Å². The molecule has 0 saturated carbocycles. The molecule has 0 aliphatic carbocycles. The van der Waals surface area contributed by atoms with Gasteiger partial charge in [0.25, 0.3) is 0 Å². The predicted octanol–water partition coefficient (Wildman–Crippen LogP) is 2.03. The summed E-state index contributed by atoms with van der Waals surface area (Å²) in [6, 6.07) is 6.10. The second-order valence-electron chi connectivity index (χ2n) is 4.68. The van der Waals surface area contributed by atoms with Crippen LogP contribution in [0.3, 0.4) is 0 Å². The van der Waals surface area contributed by atoms with Crippen LogP contribution >= 0.6 is 11.6 Å². The lowest BCUT2D eigenvalue weighted by Gasteiger charge is -2.34. The zero-order valence-electron chi connectivity index (χ0n) is 10.1. The summed E-state index contributed by atoms with van der Waals surface area (Å²) in [6.07, 6.45) is 0.304. The molecule has 16 heavy (non-hydrogen) atoms. The molecule has 0 fully saturated rings. The Balaban J connectivity index is 2.57. The number of anilines is 1. The lowest BCUT2D eigenvalue weighted by Crippen LogP contribution is -2.57. The molecule has 1 aliphatic rings. The number of nitrogens with zero attached hydrogens (tertiary/aromatic N) is 2. The van der Waals surface area contributed by atoms with Crippen molar-refractivity contribution >= 4 is 23.0 Å². The lowest BCUT2D eigenvalue weighted by atomic mass is 10.2. The molecule has 1 heterocycles. The van der Waals surface area contributed by atoms with Crippen molar-refractivity contribution in [3.8, 4) is 0 Å². The summed E-state index contributed by atoms with van der Waals surface area (Å²) in [7, 11) is 4.39. The molecule has 1 aromatic rings. The van der Waals surface area contributed by atoms with Crippen molar-refractivity contribution in [1.29, 1.82) is 0 Å². The molecule has 3 nitrogen and oxygen atoms in total. The first-order chi connectivity index (χ1) is 7.52. The SMILES string of the molecule is CCN1c2cc(Cl)ccc2[N+](C)(C)C1CN. The minimum atomic E-state index is 0.304. The van der Waals surface area contributed by atoms with Crippen LogP contribution in [-0.2, 0) is 0 Å². The largest absolute Gasteiger partial charge is 0.324 e. The van der Waals surface area contributed by atoms with Gasteiger partial charge in [-0.1, -0.05) is 11.6 Å². The van der Waals surface area contributed by atoms with Crippen LogP contribution < -0.4 is 15.1 Å². The van der Waals surface area contributed by atoms with Crippen LogP contribution in [0.15, 0.2) is 18.2 Å². The summed E-state index contributed by atoms with van der Waals surface area (Å²) in [6.45, 7) is 3.75. The van der Waals surface area contributed by atoms with E-state index >= 15 is 0 Å². The Morgan fingerprint density at radius 3 is 2.69 bits per heavy atom. The van der Waals surface area contributed by atoms with Crippen LogP contribution in [0.4, 0.5) is 11.4 Å². The van der Waals surface area contributed by atoms with Crippen LogP contribution in [0.1, 0.15) is 6.92 Å². The van der Waals surface area contributed by atoms with E-state index in [-0.39, 0.29) is 0 Å². The minimum Gasteiger partial charge on any atom is -0.324 e. The van der Waals surface area contributed by atoms with Gasteiger partial charge in [0.15, 0.2) is 11.9 Å². The molecule has 4 heteroatoms. The molecule has 0 amide bonds. The van der Waals surface area contributed by atoms with Gasteiger partial charge >= 0.3 is 0 Å². The fraction of sp³-hybridized carbons (Fsp3) is 0.500. The van der Waals surface area contributed by atoms with E-state index in [4.69, 9.17) is 17.3 Å². The number of likely N-dealkylation sites (N-methyl/N-ethyl adjacent to an activating group) is 2. The highest BCUT2D eigenvalue weighted by molar-refractivity contribution is 6.31. The van der Waals surface area contributed by atoms with E-state index in [1.807, 2.05) is 12.1 Å². The monoisotopic (exact) mass is 240 g/mol. The quantitative estimate of drug-likeness (QED) is 0.802. The number of halogens is 1. The number of rotatable bonds is 2. The molecule has 1 aliphatic heterocycles. The van der Waals surface area contributed by atoms with Gasteiger partial charge in [-0.3, -0.25) is 4.48 Å². The zero-order chi connectivity index (χ0) is 11.9. The number of benzene rings is 1. The Bertz CT molecular complexity index is 403. The molecular formula is C12H19ClN3+. The van der Waals surface area contributed by atoms with Crippen molar-refractivity contribution in [2.75, 3.05) is 32.1 Å². The lowest BCUT2D eigenvalue weighted by molar-refractivity contribution is 0.313. The van der Waals surface area contributed by atoms with E-state index in [0.717, 1.165) is 16.1 Å². The third-order valence-corrected chi connectivity index (χ3v) is 3.76. The van der Waals surface area contributed by atoms with Crippen LogP contribution in [0, 0.1) is 0 Å². The third kappa shape index (κ3) is 1.51. The number of nitrogens with two attached hydrogens (primary N) is 1. The number of hydrogen-bond donors (Lipinski definition) is 1. The topological polar surface area (TPSA) is 29.3 Å². The molecule has 0 radical (unpaired) electrons. The van der Waals surface area contributed by atoms with E-state index in [9.17, 15) is 0 Å². The third-order valence-electron chi connectivity index (χ3n) is 3.52. The van der Waals surface area contributed by atoms with Crippen molar-refractivity contribution in [2.24, 2.45) is 5.73 Å². The number of fused-ring (bicyclic) bond motifs is 1. The first-order valence-electron chi connectivity index (χ1n) is 5.62.